The van der Waals surface area contributed by atoms with Crippen LogP contribution in [0.1, 0.15) is 43.2 Å². The van der Waals surface area contributed by atoms with Crippen molar-refractivity contribution in [2.24, 2.45) is 5.92 Å². The van der Waals surface area contributed by atoms with Gasteiger partial charge in [0.25, 0.3) is 0 Å². The summed E-state index contributed by atoms with van der Waals surface area (Å²) in [5.74, 6) is 1.14. The van der Waals surface area contributed by atoms with Gasteiger partial charge in [-0.3, -0.25) is 0 Å². The first-order valence-corrected chi connectivity index (χ1v) is 9.13. The second kappa shape index (κ2) is 6.50. The molecule has 1 aliphatic heterocycles. The molecular formula is C21H23N3O. The number of aliphatic hydroxyl groups is 1. The molecule has 25 heavy (non-hydrogen) atoms. The number of fused-ring (bicyclic) bond motifs is 1. The third kappa shape index (κ3) is 2.79. The molecule has 1 aromatic heterocycles. The largest absolute Gasteiger partial charge is 0.385 e. The highest BCUT2D eigenvalue weighted by atomic mass is 16.3. The van der Waals surface area contributed by atoms with Crippen molar-refractivity contribution in [1.29, 1.82) is 5.26 Å². The molecule has 128 valence electrons. The fraction of sp³-hybridized carbons (Fsp3) is 0.429. The predicted molar refractivity (Wildman–Crippen MR) is 97.0 cm³/mol. The fourth-order valence-corrected chi connectivity index (χ4v) is 4.68. The molecule has 0 radical (unpaired) electrons. The lowest BCUT2D eigenvalue weighted by atomic mass is 9.66. The average Bonchev–Trinajstić information content (AvgIpc) is 2.69. The Balaban J connectivity index is 1.67. The highest BCUT2D eigenvalue weighted by Crippen LogP contribution is 2.47. The Bertz CT molecular complexity index is 768. The summed E-state index contributed by atoms with van der Waals surface area (Å²) >= 11 is 0. The van der Waals surface area contributed by atoms with Crippen LogP contribution < -0.4 is 4.90 Å². The lowest BCUT2D eigenvalue weighted by Crippen LogP contribution is -2.57. The molecule has 4 rings (SSSR count). The van der Waals surface area contributed by atoms with Crippen LogP contribution in [-0.2, 0) is 5.60 Å². The molecule has 1 saturated heterocycles. The Morgan fingerprint density at radius 3 is 2.64 bits per heavy atom. The molecule has 1 unspecified atom stereocenters. The molecule has 2 aromatic rings. The van der Waals surface area contributed by atoms with Gasteiger partial charge in [-0.2, -0.15) is 5.26 Å². The minimum atomic E-state index is -0.755. The van der Waals surface area contributed by atoms with Crippen LogP contribution in [0.4, 0.5) is 5.82 Å². The van der Waals surface area contributed by atoms with Crippen molar-refractivity contribution in [3.05, 3.63) is 59.8 Å². The average molecular weight is 333 g/mol. The maximum atomic E-state index is 11.6. The van der Waals surface area contributed by atoms with Crippen molar-refractivity contribution in [2.75, 3.05) is 11.4 Å². The van der Waals surface area contributed by atoms with Gasteiger partial charge in [0.1, 0.15) is 11.9 Å². The van der Waals surface area contributed by atoms with Crippen molar-refractivity contribution >= 4 is 5.82 Å². The van der Waals surface area contributed by atoms with Gasteiger partial charge in [-0.25, -0.2) is 4.98 Å². The Morgan fingerprint density at radius 2 is 1.92 bits per heavy atom. The number of aromatic nitrogens is 1. The van der Waals surface area contributed by atoms with E-state index in [-0.39, 0.29) is 5.92 Å². The second-order valence-corrected chi connectivity index (χ2v) is 7.21. The molecule has 4 heteroatoms. The maximum Gasteiger partial charge on any atom is 0.128 e. The van der Waals surface area contributed by atoms with Gasteiger partial charge in [-0.05, 0) is 37.0 Å². The number of rotatable bonds is 2. The van der Waals surface area contributed by atoms with Gasteiger partial charge in [0, 0.05) is 24.7 Å². The van der Waals surface area contributed by atoms with Gasteiger partial charge in [0.2, 0.25) is 0 Å². The van der Waals surface area contributed by atoms with E-state index in [0.29, 0.717) is 18.0 Å². The fourth-order valence-electron chi connectivity index (χ4n) is 4.68. The molecule has 3 atom stereocenters. The molecule has 2 aliphatic rings. The first kappa shape index (κ1) is 16.1. The quantitative estimate of drug-likeness (QED) is 0.912. The van der Waals surface area contributed by atoms with E-state index in [9.17, 15) is 5.11 Å². The number of piperidine rings is 1. The van der Waals surface area contributed by atoms with Crippen LogP contribution >= 0.6 is 0 Å². The van der Waals surface area contributed by atoms with Crippen molar-refractivity contribution in [3.63, 3.8) is 0 Å². The summed E-state index contributed by atoms with van der Waals surface area (Å²) in [6, 6.07) is 16.3. The zero-order valence-electron chi connectivity index (χ0n) is 14.3. The number of benzene rings is 1. The molecule has 4 nitrogen and oxygen atoms in total. The van der Waals surface area contributed by atoms with Crippen LogP contribution in [0, 0.1) is 17.2 Å². The number of nitriles is 1. The summed E-state index contributed by atoms with van der Waals surface area (Å²) in [5.41, 5.74) is 0.871. The summed E-state index contributed by atoms with van der Waals surface area (Å²) in [6.07, 6.45) is 6.85. The number of pyridine rings is 1. The SMILES string of the molecule is N#Cc1ccc(N2CC[C@](O)(c3ccccc3)[C@H]3CCCCC32)nc1. The van der Waals surface area contributed by atoms with Crippen LogP contribution in [0.15, 0.2) is 48.7 Å². The molecular weight excluding hydrogens is 310 g/mol. The molecule has 2 fully saturated rings. The smallest absolute Gasteiger partial charge is 0.128 e. The number of hydrogen-bond acceptors (Lipinski definition) is 4. The summed E-state index contributed by atoms with van der Waals surface area (Å²) in [4.78, 5) is 6.86. The van der Waals surface area contributed by atoms with Crippen LogP contribution in [0.3, 0.4) is 0 Å². The molecule has 1 saturated carbocycles. The zero-order valence-corrected chi connectivity index (χ0v) is 14.3. The van der Waals surface area contributed by atoms with E-state index in [1.165, 1.54) is 12.8 Å². The Morgan fingerprint density at radius 1 is 1.12 bits per heavy atom. The number of nitrogens with zero attached hydrogens (tertiary/aromatic N) is 3. The van der Waals surface area contributed by atoms with E-state index in [1.54, 1.807) is 6.20 Å². The van der Waals surface area contributed by atoms with Crippen LogP contribution in [0.5, 0.6) is 0 Å². The summed E-state index contributed by atoms with van der Waals surface area (Å²) in [6.45, 7) is 0.783. The number of hydrogen-bond donors (Lipinski definition) is 1. The Hall–Kier alpha value is -2.38. The summed E-state index contributed by atoms with van der Waals surface area (Å²) in [5, 5.41) is 20.6. The lowest BCUT2D eigenvalue weighted by Gasteiger charge is -2.53. The van der Waals surface area contributed by atoms with Crippen molar-refractivity contribution in [3.8, 4) is 6.07 Å². The van der Waals surface area contributed by atoms with Gasteiger partial charge in [0.05, 0.1) is 11.2 Å². The minimum Gasteiger partial charge on any atom is -0.385 e. The van der Waals surface area contributed by atoms with Crippen LogP contribution in [0.2, 0.25) is 0 Å². The van der Waals surface area contributed by atoms with Crippen molar-refractivity contribution in [2.45, 2.75) is 43.7 Å². The van der Waals surface area contributed by atoms with E-state index in [1.807, 2.05) is 30.3 Å². The molecule has 2 heterocycles. The molecule has 1 aliphatic carbocycles. The van der Waals surface area contributed by atoms with Crippen LogP contribution in [0.25, 0.3) is 0 Å². The zero-order chi connectivity index (χ0) is 17.3. The Kier molecular flexibility index (Phi) is 4.19. The van der Waals surface area contributed by atoms with Crippen molar-refractivity contribution in [1.82, 2.24) is 4.98 Å². The van der Waals surface area contributed by atoms with Gasteiger partial charge in [-0.1, -0.05) is 43.2 Å². The molecule has 1 N–H and O–H groups in total. The van der Waals surface area contributed by atoms with Gasteiger partial charge in [0.15, 0.2) is 0 Å². The van der Waals surface area contributed by atoms with Crippen LogP contribution in [-0.4, -0.2) is 22.7 Å². The normalized spacial score (nSPS) is 28.9. The van der Waals surface area contributed by atoms with Gasteiger partial charge < -0.3 is 10.0 Å². The molecule has 0 amide bonds. The molecule has 0 bridgehead atoms. The van der Waals surface area contributed by atoms with E-state index >= 15 is 0 Å². The van der Waals surface area contributed by atoms with Gasteiger partial charge in [-0.15, -0.1) is 0 Å². The monoisotopic (exact) mass is 333 g/mol. The van der Waals surface area contributed by atoms with Crippen molar-refractivity contribution < 1.29 is 5.11 Å². The lowest BCUT2D eigenvalue weighted by molar-refractivity contribution is -0.0690. The second-order valence-electron chi connectivity index (χ2n) is 7.21. The standard InChI is InChI=1S/C21H23N3O/c22-14-16-10-11-20(23-15-16)24-13-12-21(25,17-6-2-1-3-7-17)18-8-4-5-9-19(18)24/h1-3,6-7,10-11,15,18-19,25H,4-5,8-9,12-13H2/t18-,19?,21-/m0/s1. The Labute approximate surface area is 148 Å². The van der Waals surface area contributed by atoms with E-state index in [2.05, 4.69) is 28.1 Å². The molecule has 0 spiro atoms. The third-order valence-electron chi connectivity index (χ3n) is 5.92. The minimum absolute atomic E-state index is 0.217. The summed E-state index contributed by atoms with van der Waals surface area (Å²) < 4.78 is 0. The highest BCUT2D eigenvalue weighted by molar-refractivity contribution is 5.45. The first-order chi connectivity index (χ1) is 12.2. The van der Waals surface area contributed by atoms with E-state index < -0.39 is 5.60 Å². The third-order valence-corrected chi connectivity index (χ3v) is 5.92. The first-order valence-electron chi connectivity index (χ1n) is 9.13. The maximum absolute atomic E-state index is 11.6. The van der Waals surface area contributed by atoms with Gasteiger partial charge >= 0.3 is 0 Å². The van der Waals surface area contributed by atoms with E-state index in [4.69, 9.17) is 5.26 Å². The number of anilines is 1. The van der Waals surface area contributed by atoms with E-state index in [0.717, 1.165) is 30.8 Å². The molecule has 1 aromatic carbocycles. The summed E-state index contributed by atoms with van der Waals surface area (Å²) in [7, 11) is 0. The highest BCUT2D eigenvalue weighted by Gasteiger charge is 2.49. The predicted octanol–water partition coefficient (Wildman–Crippen LogP) is 3.61. The topological polar surface area (TPSA) is 60.2 Å².